The Kier molecular flexibility index (Phi) is 4.33. The molecule has 1 aromatic carbocycles. The Morgan fingerprint density at radius 2 is 2.35 bits per heavy atom. The molecule has 106 valence electrons. The van der Waals surface area contributed by atoms with E-state index in [9.17, 15) is 14.5 Å². The van der Waals surface area contributed by atoms with Gasteiger partial charge in [0.15, 0.2) is 0 Å². The van der Waals surface area contributed by atoms with Crippen molar-refractivity contribution in [2.45, 2.75) is 19.5 Å². The lowest BCUT2D eigenvalue weighted by molar-refractivity contribution is -0.384. The van der Waals surface area contributed by atoms with Gasteiger partial charge < -0.3 is 5.32 Å². The second-order valence-corrected chi connectivity index (χ2v) is 5.17. The van der Waals surface area contributed by atoms with E-state index in [0.29, 0.717) is 6.54 Å². The second kappa shape index (κ2) is 6.00. The van der Waals surface area contributed by atoms with Crippen LogP contribution in [0, 0.1) is 15.9 Å². The van der Waals surface area contributed by atoms with E-state index in [-0.39, 0.29) is 21.9 Å². The van der Waals surface area contributed by atoms with Crippen LogP contribution in [0.1, 0.15) is 6.92 Å². The first kappa shape index (κ1) is 14.4. The number of hydrogen-bond donors (Lipinski definition) is 1. The van der Waals surface area contributed by atoms with Crippen LogP contribution in [0.3, 0.4) is 0 Å². The Morgan fingerprint density at radius 1 is 1.60 bits per heavy atom. The molecule has 0 spiro atoms. The lowest BCUT2D eigenvalue weighted by atomic mass is 10.2. The highest BCUT2D eigenvalue weighted by atomic mass is 79.9. The van der Waals surface area contributed by atoms with E-state index < -0.39 is 10.7 Å². The van der Waals surface area contributed by atoms with Crippen molar-refractivity contribution < 1.29 is 9.31 Å². The molecule has 0 aliphatic rings. The minimum Gasteiger partial charge on any atom is -0.375 e. The molecule has 1 aromatic heterocycles. The molecule has 6 nitrogen and oxygen atoms in total. The Labute approximate surface area is 122 Å². The third-order valence-corrected chi connectivity index (χ3v) is 3.27. The molecule has 0 amide bonds. The summed E-state index contributed by atoms with van der Waals surface area (Å²) in [7, 11) is 0. The van der Waals surface area contributed by atoms with Crippen molar-refractivity contribution in [3.63, 3.8) is 0 Å². The number of hydrogen-bond acceptors (Lipinski definition) is 4. The van der Waals surface area contributed by atoms with Gasteiger partial charge in [0, 0.05) is 18.4 Å². The maximum atomic E-state index is 13.4. The summed E-state index contributed by atoms with van der Waals surface area (Å²) in [5.41, 5.74) is -0.0269. The molecular formula is C12H12BrFN4O2. The standard InChI is InChI=1S/C12H12BrFN4O2/c1-8(7-17-4-2-3-15-17)16-11-5-9(13)10(14)6-12(11)18(19)20/h2-6,8,16H,7H2,1H3. The van der Waals surface area contributed by atoms with Crippen molar-refractivity contribution in [2.75, 3.05) is 5.32 Å². The van der Waals surface area contributed by atoms with Crippen LogP contribution in [0.5, 0.6) is 0 Å². The first-order chi connectivity index (χ1) is 9.47. The van der Waals surface area contributed by atoms with Gasteiger partial charge in [0.05, 0.1) is 22.0 Å². The lowest BCUT2D eigenvalue weighted by Crippen LogP contribution is -2.22. The van der Waals surface area contributed by atoms with Gasteiger partial charge in [0.25, 0.3) is 5.69 Å². The van der Waals surface area contributed by atoms with E-state index in [2.05, 4.69) is 26.3 Å². The minimum atomic E-state index is -0.665. The molecule has 0 aliphatic carbocycles. The number of benzene rings is 1. The molecule has 0 saturated heterocycles. The maximum Gasteiger partial charge on any atom is 0.295 e. The number of nitrogens with one attached hydrogen (secondary N) is 1. The van der Waals surface area contributed by atoms with Crippen LogP contribution in [0.25, 0.3) is 0 Å². The number of nitro benzene ring substituents is 1. The summed E-state index contributed by atoms with van der Waals surface area (Å²) < 4.78 is 15.3. The molecule has 1 unspecified atom stereocenters. The van der Waals surface area contributed by atoms with E-state index >= 15 is 0 Å². The van der Waals surface area contributed by atoms with Gasteiger partial charge in [-0.25, -0.2) is 4.39 Å². The molecule has 0 bridgehead atoms. The molecule has 0 aliphatic heterocycles. The van der Waals surface area contributed by atoms with Gasteiger partial charge >= 0.3 is 0 Å². The molecule has 2 rings (SSSR count). The van der Waals surface area contributed by atoms with Crippen LogP contribution in [0.4, 0.5) is 15.8 Å². The van der Waals surface area contributed by atoms with Crippen molar-refractivity contribution in [3.8, 4) is 0 Å². The highest BCUT2D eigenvalue weighted by Gasteiger charge is 2.19. The van der Waals surface area contributed by atoms with E-state index in [1.165, 1.54) is 6.07 Å². The lowest BCUT2D eigenvalue weighted by Gasteiger charge is -2.15. The number of halogens is 2. The fourth-order valence-corrected chi connectivity index (χ4v) is 2.15. The van der Waals surface area contributed by atoms with E-state index in [1.54, 1.807) is 23.1 Å². The van der Waals surface area contributed by atoms with Crippen LogP contribution in [0.2, 0.25) is 0 Å². The van der Waals surface area contributed by atoms with Crippen molar-refractivity contribution in [1.29, 1.82) is 0 Å². The summed E-state index contributed by atoms with van der Waals surface area (Å²) in [5, 5.41) is 18.0. The topological polar surface area (TPSA) is 73.0 Å². The number of anilines is 1. The van der Waals surface area contributed by atoms with Crippen molar-refractivity contribution >= 4 is 27.3 Å². The molecule has 1 atom stereocenters. The molecule has 0 saturated carbocycles. The second-order valence-electron chi connectivity index (χ2n) is 4.31. The Morgan fingerprint density at radius 3 is 2.95 bits per heavy atom. The van der Waals surface area contributed by atoms with E-state index in [1.807, 2.05) is 6.92 Å². The molecule has 0 fully saturated rings. The molecule has 2 aromatic rings. The van der Waals surface area contributed by atoms with Crippen molar-refractivity contribution in [2.24, 2.45) is 0 Å². The molecule has 1 heterocycles. The maximum absolute atomic E-state index is 13.4. The van der Waals surface area contributed by atoms with Gasteiger partial charge in [-0.1, -0.05) is 0 Å². The first-order valence-electron chi connectivity index (χ1n) is 5.84. The normalized spacial score (nSPS) is 12.2. The van der Waals surface area contributed by atoms with Gasteiger partial charge in [0.2, 0.25) is 0 Å². The summed E-state index contributed by atoms with van der Waals surface area (Å²) in [6.45, 7) is 2.40. The zero-order chi connectivity index (χ0) is 14.7. The predicted molar refractivity (Wildman–Crippen MR) is 76.1 cm³/mol. The number of nitro groups is 1. The first-order valence-corrected chi connectivity index (χ1v) is 6.64. The van der Waals surface area contributed by atoms with Crippen LogP contribution >= 0.6 is 15.9 Å². The number of aromatic nitrogens is 2. The zero-order valence-electron chi connectivity index (χ0n) is 10.6. The quantitative estimate of drug-likeness (QED) is 0.668. The van der Waals surface area contributed by atoms with E-state index in [4.69, 9.17) is 0 Å². The zero-order valence-corrected chi connectivity index (χ0v) is 12.2. The van der Waals surface area contributed by atoms with Crippen LogP contribution < -0.4 is 5.32 Å². The SMILES string of the molecule is CC(Cn1cccn1)Nc1cc(Br)c(F)cc1[N+](=O)[O-]. The Balaban J connectivity index is 2.19. The average Bonchev–Trinajstić information content (AvgIpc) is 2.85. The third-order valence-electron chi connectivity index (χ3n) is 2.66. The fraction of sp³-hybridized carbons (Fsp3) is 0.250. The largest absolute Gasteiger partial charge is 0.375 e. The van der Waals surface area contributed by atoms with Gasteiger partial charge in [-0.3, -0.25) is 14.8 Å². The van der Waals surface area contributed by atoms with E-state index in [0.717, 1.165) is 6.07 Å². The Bertz CT molecular complexity index is 618. The molecule has 8 heteroatoms. The van der Waals surface area contributed by atoms with Crippen LogP contribution in [-0.2, 0) is 6.54 Å². The molecular weight excluding hydrogens is 331 g/mol. The van der Waals surface area contributed by atoms with Crippen LogP contribution in [0.15, 0.2) is 35.1 Å². The monoisotopic (exact) mass is 342 g/mol. The summed E-state index contributed by atoms with van der Waals surface area (Å²) in [6, 6.07) is 3.95. The van der Waals surface area contributed by atoms with Gasteiger partial charge in [0.1, 0.15) is 11.5 Å². The summed E-state index contributed by atoms with van der Waals surface area (Å²) in [5.74, 6) is -0.665. The summed E-state index contributed by atoms with van der Waals surface area (Å²) in [4.78, 5) is 10.3. The molecule has 20 heavy (non-hydrogen) atoms. The molecule has 0 radical (unpaired) electrons. The number of nitrogens with zero attached hydrogens (tertiary/aromatic N) is 3. The third kappa shape index (κ3) is 3.32. The van der Waals surface area contributed by atoms with Crippen LogP contribution in [-0.4, -0.2) is 20.7 Å². The molecule has 1 N–H and O–H groups in total. The van der Waals surface area contributed by atoms with Crippen molar-refractivity contribution in [3.05, 3.63) is 51.0 Å². The van der Waals surface area contributed by atoms with Gasteiger partial charge in [-0.05, 0) is 35.0 Å². The highest BCUT2D eigenvalue weighted by molar-refractivity contribution is 9.10. The minimum absolute atomic E-state index is 0.106. The van der Waals surface area contributed by atoms with Gasteiger partial charge in [-0.15, -0.1) is 0 Å². The van der Waals surface area contributed by atoms with Crippen molar-refractivity contribution in [1.82, 2.24) is 9.78 Å². The fourth-order valence-electron chi connectivity index (χ4n) is 1.80. The summed E-state index contributed by atoms with van der Waals surface area (Å²) >= 11 is 3.02. The summed E-state index contributed by atoms with van der Waals surface area (Å²) in [6.07, 6.45) is 3.46. The number of rotatable bonds is 5. The van der Waals surface area contributed by atoms with Gasteiger partial charge in [-0.2, -0.15) is 5.10 Å². The predicted octanol–water partition coefficient (Wildman–Crippen LogP) is 3.19. The average molecular weight is 343 g/mol. The Hall–Kier alpha value is -1.96. The smallest absolute Gasteiger partial charge is 0.295 e. The highest BCUT2D eigenvalue weighted by Crippen LogP contribution is 2.31.